The number of hydrogen-bond acceptors (Lipinski definition) is 3. The number of carbonyl (C=O) groups excluding carboxylic acids is 1. The standard InChI is InChI=1S/C12H12N4O/c1-16-10-5-3-2-4-9(10)11(12(16)17)15-8-6-13-14-7-8/h2-7,11,15H,1H3,(H,13,14). The minimum absolute atomic E-state index is 0.0485. The lowest BCUT2D eigenvalue weighted by atomic mass is 10.1. The molecule has 2 heterocycles. The van der Waals surface area contributed by atoms with Gasteiger partial charge in [0.05, 0.1) is 11.9 Å². The highest BCUT2D eigenvalue weighted by Gasteiger charge is 2.34. The lowest BCUT2D eigenvalue weighted by Crippen LogP contribution is -2.27. The molecule has 2 aromatic rings. The molecule has 1 unspecified atom stereocenters. The Hall–Kier alpha value is -2.30. The lowest BCUT2D eigenvalue weighted by Gasteiger charge is -2.12. The summed E-state index contributed by atoms with van der Waals surface area (Å²) in [5.41, 5.74) is 2.77. The number of para-hydroxylation sites is 1. The maximum atomic E-state index is 12.1. The Morgan fingerprint density at radius 1 is 1.41 bits per heavy atom. The molecule has 86 valence electrons. The largest absolute Gasteiger partial charge is 0.367 e. The van der Waals surface area contributed by atoms with Crippen molar-refractivity contribution < 1.29 is 4.79 Å². The van der Waals surface area contributed by atoms with Gasteiger partial charge >= 0.3 is 0 Å². The van der Waals surface area contributed by atoms with Crippen LogP contribution in [0.2, 0.25) is 0 Å². The molecule has 1 aliphatic heterocycles. The van der Waals surface area contributed by atoms with Gasteiger partial charge in [0, 0.05) is 24.5 Å². The van der Waals surface area contributed by atoms with E-state index in [4.69, 9.17) is 0 Å². The van der Waals surface area contributed by atoms with Crippen molar-refractivity contribution in [1.82, 2.24) is 10.2 Å². The Balaban J connectivity index is 1.98. The molecule has 1 atom stereocenters. The van der Waals surface area contributed by atoms with E-state index in [2.05, 4.69) is 15.5 Å². The summed E-state index contributed by atoms with van der Waals surface area (Å²) in [5, 5.41) is 9.74. The van der Waals surface area contributed by atoms with Gasteiger partial charge in [0.15, 0.2) is 0 Å². The van der Waals surface area contributed by atoms with E-state index in [1.807, 2.05) is 24.3 Å². The van der Waals surface area contributed by atoms with Crippen molar-refractivity contribution in [1.29, 1.82) is 0 Å². The van der Waals surface area contributed by atoms with Crippen LogP contribution in [0.4, 0.5) is 11.4 Å². The number of nitrogens with zero attached hydrogens (tertiary/aromatic N) is 2. The first-order chi connectivity index (χ1) is 8.27. The highest BCUT2D eigenvalue weighted by Crippen LogP contribution is 2.36. The number of carbonyl (C=O) groups is 1. The average molecular weight is 228 g/mol. The topological polar surface area (TPSA) is 61.0 Å². The number of aromatic nitrogens is 2. The SMILES string of the molecule is CN1C(=O)C(Nc2cn[nH]c2)c2ccccc21. The Bertz CT molecular complexity index is 549. The van der Waals surface area contributed by atoms with Gasteiger partial charge in [-0.05, 0) is 6.07 Å². The molecular formula is C12H12N4O. The summed E-state index contributed by atoms with van der Waals surface area (Å²) >= 11 is 0. The zero-order chi connectivity index (χ0) is 11.8. The normalized spacial score (nSPS) is 18.3. The number of anilines is 2. The second kappa shape index (κ2) is 3.62. The van der Waals surface area contributed by atoms with Crippen LogP contribution in [0, 0.1) is 0 Å². The number of fused-ring (bicyclic) bond motifs is 1. The van der Waals surface area contributed by atoms with E-state index in [1.165, 1.54) is 0 Å². The molecule has 5 heteroatoms. The molecular weight excluding hydrogens is 216 g/mol. The maximum absolute atomic E-state index is 12.1. The number of amides is 1. The summed E-state index contributed by atoms with van der Waals surface area (Å²) < 4.78 is 0. The van der Waals surface area contributed by atoms with Gasteiger partial charge in [-0.2, -0.15) is 5.10 Å². The van der Waals surface area contributed by atoms with Crippen LogP contribution < -0.4 is 10.2 Å². The van der Waals surface area contributed by atoms with Gasteiger partial charge in [-0.25, -0.2) is 0 Å². The number of likely N-dealkylation sites (N-methyl/N-ethyl adjacent to an activating group) is 1. The molecule has 1 aromatic heterocycles. The first kappa shape index (κ1) is 9.89. The molecule has 0 bridgehead atoms. The summed E-state index contributed by atoms with van der Waals surface area (Å²) in [6, 6.07) is 7.46. The van der Waals surface area contributed by atoms with E-state index in [0.29, 0.717) is 0 Å². The number of rotatable bonds is 2. The molecule has 0 spiro atoms. The van der Waals surface area contributed by atoms with Gasteiger partial charge in [-0.15, -0.1) is 0 Å². The zero-order valence-corrected chi connectivity index (χ0v) is 9.34. The van der Waals surface area contributed by atoms with E-state index in [-0.39, 0.29) is 11.9 Å². The smallest absolute Gasteiger partial charge is 0.253 e. The molecule has 1 aromatic carbocycles. The number of aromatic amines is 1. The second-order valence-corrected chi connectivity index (χ2v) is 4.02. The van der Waals surface area contributed by atoms with Crippen molar-refractivity contribution in [2.75, 3.05) is 17.3 Å². The molecule has 0 saturated carbocycles. The van der Waals surface area contributed by atoms with Crippen LogP contribution in [0.5, 0.6) is 0 Å². The van der Waals surface area contributed by atoms with Crippen LogP contribution in [-0.2, 0) is 4.79 Å². The van der Waals surface area contributed by atoms with Crippen LogP contribution in [-0.4, -0.2) is 23.2 Å². The summed E-state index contributed by atoms with van der Waals surface area (Å²) in [5.74, 6) is 0.0485. The second-order valence-electron chi connectivity index (χ2n) is 4.02. The fourth-order valence-electron chi connectivity index (χ4n) is 2.12. The minimum atomic E-state index is -0.325. The lowest BCUT2D eigenvalue weighted by molar-refractivity contribution is -0.118. The molecule has 0 aliphatic carbocycles. The fourth-order valence-corrected chi connectivity index (χ4v) is 2.12. The number of benzene rings is 1. The van der Waals surface area contributed by atoms with Gasteiger partial charge in [0.25, 0.3) is 5.91 Å². The van der Waals surface area contributed by atoms with Gasteiger partial charge in [0.2, 0.25) is 0 Å². The van der Waals surface area contributed by atoms with Crippen LogP contribution in [0.1, 0.15) is 11.6 Å². The third-order valence-electron chi connectivity index (χ3n) is 3.00. The molecule has 1 aliphatic rings. The van der Waals surface area contributed by atoms with Crippen molar-refractivity contribution >= 4 is 17.3 Å². The van der Waals surface area contributed by atoms with Crippen molar-refractivity contribution in [3.63, 3.8) is 0 Å². The molecule has 17 heavy (non-hydrogen) atoms. The third kappa shape index (κ3) is 1.47. The summed E-state index contributed by atoms with van der Waals surface area (Å²) in [6.07, 6.45) is 3.39. The predicted octanol–water partition coefficient (Wildman–Crippen LogP) is 1.54. The first-order valence-electron chi connectivity index (χ1n) is 5.39. The quantitative estimate of drug-likeness (QED) is 0.819. The van der Waals surface area contributed by atoms with Crippen LogP contribution in [0.15, 0.2) is 36.7 Å². The number of hydrogen-bond donors (Lipinski definition) is 2. The summed E-state index contributed by atoms with van der Waals surface area (Å²) in [7, 11) is 1.79. The zero-order valence-electron chi connectivity index (χ0n) is 9.34. The minimum Gasteiger partial charge on any atom is -0.367 e. The Morgan fingerprint density at radius 2 is 2.24 bits per heavy atom. The number of H-pyrrole nitrogens is 1. The summed E-state index contributed by atoms with van der Waals surface area (Å²) in [6.45, 7) is 0. The van der Waals surface area contributed by atoms with Crippen LogP contribution in [0.3, 0.4) is 0 Å². The van der Waals surface area contributed by atoms with Crippen LogP contribution >= 0.6 is 0 Å². The van der Waals surface area contributed by atoms with Gasteiger partial charge in [0.1, 0.15) is 6.04 Å². The van der Waals surface area contributed by atoms with Crippen molar-refractivity contribution in [3.05, 3.63) is 42.2 Å². The third-order valence-corrected chi connectivity index (χ3v) is 3.00. The van der Waals surface area contributed by atoms with Crippen molar-refractivity contribution in [2.24, 2.45) is 0 Å². The summed E-state index contributed by atoms with van der Waals surface area (Å²) in [4.78, 5) is 13.8. The van der Waals surface area contributed by atoms with E-state index in [9.17, 15) is 4.79 Å². The highest BCUT2D eigenvalue weighted by atomic mass is 16.2. The Kier molecular flexibility index (Phi) is 2.11. The predicted molar refractivity (Wildman–Crippen MR) is 64.8 cm³/mol. The van der Waals surface area contributed by atoms with E-state index >= 15 is 0 Å². The molecule has 2 N–H and O–H groups in total. The van der Waals surface area contributed by atoms with E-state index < -0.39 is 0 Å². The maximum Gasteiger partial charge on any atom is 0.253 e. The molecule has 0 saturated heterocycles. The highest BCUT2D eigenvalue weighted by molar-refractivity contribution is 6.05. The molecule has 5 nitrogen and oxygen atoms in total. The Morgan fingerprint density at radius 3 is 3.00 bits per heavy atom. The molecule has 3 rings (SSSR count). The van der Waals surface area contributed by atoms with E-state index in [1.54, 1.807) is 24.3 Å². The van der Waals surface area contributed by atoms with Gasteiger partial charge in [-0.3, -0.25) is 9.89 Å². The first-order valence-corrected chi connectivity index (χ1v) is 5.39. The van der Waals surface area contributed by atoms with Crippen molar-refractivity contribution in [3.8, 4) is 0 Å². The monoisotopic (exact) mass is 228 g/mol. The molecule has 1 amide bonds. The van der Waals surface area contributed by atoms with Crippen molar-refractivity contribution in [2.45, 2.75) is 6.04 Å². The Labute approximate surface area is 98.4 Å². The fraction of sp³-hybridized carbons (Fsp3) is 0.167. The van der Waals surface area contributed by atoms with Gasteiger partial charge in [-0.1, -0.05) is 18.2 Å². The van der Waals surface area contributed by atoms with Crippen LogP contribution in [0.25, 0.3) is 0 Å². The van der Waals surface area contributed by atoms with Gasteiger partial charge < -0.3 is 10.2 Å². The molecule has 0 fully saturated rings. The number of nitrogens with one attached hydrogen (secondary N) is 2. The van der Waals surface area contributed by atoms with E-state index in [0.717, 1.165) is 16.9 Å². The molecule has 0 radical (unpaired) electrons. The average Bonchev–Trinajstić information content (AvgIpc) is 2.94.